The van der Waals surface area contributed by atoms with Crippen molar-refractivity contribution in [2.45, 2.75) is 286 Å². The monoisotopic (exact) mass is 1090 g/mol. The first-order valence-corrected chi connectivity index (χ1v) is 30.3. The Bertz CT molecular complexity index is 1610. The Morgan fingerprint density at radius 3 is 1.40 bits per heavy atom. The van der Waals surface area contributed by atoms with Crippen molar-refractivity contribution in [3.05, 3.63) is 85.1 Å². The summed E-state index contributed by atoms with van der Waals surface area (Å²) in [5, 5.41) is 86.9. The number of nitrogens with one attached hydrogen (secondary N) is 1. The third-order valence-electron chi connectivity index (χ3n) is 14.3. The Balaban J connectivity index is 1.77. The Labute approximate surface area is 465 Å². The molecule has 0 aromatic heterocycles. The van der Waals surface area contributed by atoms with Crippen LogP contribution < -0.4 is 5.32 Å². The highest BCUT2D eigenvalue weighted by molar-refractivity contribution is 5.77. The summed E-state index contributed by atoms with van der Waals surface area (Å²) in [5.41, 5.74) is 0. The number of unbranched alkanes of at least 4 members (excludes halogenated alkanes) is 23. The largest absolute Gasteiger partial charge is 0.394 e. The quantitative estimate of drug-likeness (QED) is 0.0204. The number of amides is 1. The van der Waals surface area contributed by atoms with Crippen LogP contribution in [-0.4, -0.2) is 140 Å². The van der Waals surface area contributed by atoms with Crippen molar-refractivity contribution < 1.29 is 64.6 Å². The van der Waals surface area contributed by atoms with Gasteiger partial charge in [0.15, 0.2) is 12.6 Å². The zero-order valence-corrected chi connectivity index (χ0v) is 47.7. The zero-order chi connectivity index (χ0) is 56.0. The Morgan fingerprint density at radius 1 is 0.481 bits per heavy atom. The van der Waals surface area contributed by atoms with E-state index in [1.54, 1.807) is 12.2 Å². The van der Waals surface area contributed by atoms with Gasteiger partial charge in [-0.05, 0) is 57.8 Å². The molecule has 14 nitrogen and oxygen atoms in total. The van der Waals surface area contributed by atoms with Gasteiger partial charge in [-0.2, -0.15) is 0 Å². The highest BCUT2D eigenvalue weighted by Gasteiger charge is 2.51. The topological polar surface area (TPSA) is 228 Å². The fourth-order valence-electron chi connectivity index (χ4n) is 9.49. The normalized spacial score (nSPS) is 25.3. The van der Waals surface area contributed by atoms with Gasteiger partial charge in [0.1, 0.15) is 48.8 Å². The van der Waals surface area contributed by atoms with Gasteiger partial charge in [-0.15, -0.1) is 0 Å². The van der Waals surface area contributed by atoms with Crippen LogP contribution in [0.3, 0.4) is 0 Å². The molecule has 77 heavy (non-hydrogen) atoms. The summed E-state index contributed by atoms with van der Waals surface area (Å²) >= 11 is 0. The third-order valence-corrected chi connectivity index (χ3v) is 14.3. The van der Waals surface area contributed by atoms with Crippen LogP contribution in [0.4, 0.5) is 0 Å². The summed E-state index contributed by atoms with van der Waals surface area (Å²) in [7, 11) is 0. The molecule has 0 radical (unpaired) electrons. The number of aliphatic hydroxyl groups excluding tert-OH is 8. The van der Waals surface area contributed by atoms with Gasteiger partial charge in [-0.25, -0.2) is 0 Å². The number of allylic oxidation sites excluding steroid dienone is 12. The van der Waals surface area contributed by atoms with Crippen molar-refractivity contribution in [3.8, 4) is 0 Å². The van der Waals surface area contributed by atoms with Crippen molar-refractivity contribution in [2.75, 3.05) is 19.8 Å². The van der Waals surface area contributed by atoms with Crippen LogP contribution in [0.25, 0.3) is 0 Å². The third kappa shape index (κ3) is 33.5. The van der Waals surface area contributed by atoms with E-state index in [2.05, 4.69) is 73.8 Å². The van der Waals surface area contributed by atoms with Crippen molar-refractivity contribution in [2.24, 2.45) is 0 Å². The van der Waals surface area contributed by atoms with E-state index >= 15 is 0 Å². The first kappa shape index (κ1) is 70.3. The van der Waals surface area contributed by atoms with Crippen LogP contribution in [-0.2, 0) is 23.7 Å². The standard InChI is InChI=1S/C63H109NO13/c1-3-5-7-9-11-13-15-17-19-20-21-22-23-24-25-26-27-28-29-30-31-33-34-36-38-40-42-44-46-52(67)51(64-55(68)47-45-43-41-39-37-35-32-18-16-14-12-10-8-6-4-2)50-74-62-60(73)58(71)61(54(49-66)76-62)77-63-59(72)57(70)56(69)53(48-65)75-63/h6,8,12,14,18,32,36-39,43-46,51-54,56-63,65-67,69-73H,3-5,7,9-11,13,15-17,19-31,33-35,40-42,47-50H2,1-2H3,(H,64,68)/b8-6-,14-12-,32-18-,38-36+,39-37-,45-43-,46-44+. The molecule has 2 aliphatic heterocycles. The van der Waals surface area contributed by atoms with E-state index in [1.807, 2.05) is 18.2 Å². The van der Waals surface area contributed by atoms with Crippen molar-refractivity contribution in [3.63, 3.8) is 0 Å². The highest BCUT2D eigenvalue weighted by Crippen LogP contribution is 2.30. The number of hydrogen-bond acceptors (Lipinski definition) is 13. The number of carbonyl (C=O) groups is 1. The molecule has 2 heterocycles. The fraction of sp³-hybridized carbons (Fsp3) is 0.762. The molecule has 0 aromatic carbocycles. The van der Waals surface area contributed by atoms with E-state index in [0.29, 0.717) is 12.8 Å². The maximum Gasteiger partial charge on any atom is 0.224 e. The lowest BCUT2D eigenvalue weighted by Gasteiger charge is -2.46. The molecule has 14 heteroatoms. The van der Waals surface area contributed by atoms with E-state index in [4.69, 9.17) is 18.9 Å². The summed E-state index contributed by atoms with van der Waals surface area (Å²) in [6, 6.07) is -0.991. The molecular formula is C63H109NO13. The molecule has 12 atom stereocenters. The second-order valence-corrected chi connectivity index (χ2v) is 21.1. The molecular weight excluding hydrogens is 979 g/mol. The summed E-state index contributed by atoms with van der Waals surface area (Å²) in [4.78, 5) is 13.2. The minimum atomic E-state index is -1.80. The van der Waals surface area contributed by atoms with Crippen LogP contribution in [0.1, 0.15) is 213 Å². The number of rotatable bonds is 47. The first-order valence-electron chi connectivity index (χ1n) is 30.3. The van der Waals surface area contributed by atoms with Gasteiger partial charge in [0.25, 0.3) is 0 Å². The molecule has 1 amide bonds. The van der Waals surface area contributed by atoms with Crippen LogP contribution in [0.2, 0.25) is 0 Å². The lowest BCUT2D eigenvalue weighted by molar-refractivity contribution is -0.359. The molecule has 12 unspecified atom stereocenters. The SMILES string of the molecule is CC/C=C\C/C=C\C/C=C\C/C=C\C/C=C\CC(=O)NC(COC1OC(CO)C(OC2OC(CO)C(O)C(O)C2O)C(O)C1O)C(O)/C=C/CC/C=C/CCCCCCCCCCCCCCCCCCCCCCCC. The molecule has 2 aliphatic rings. The minimum Gasteiger partial charge on any atom is -0.394 e. The van der Waals surface area contributed by atoms with Gasteiger partial charge in [0.2, 0.25) is 5.91 Å². The maximum atomic E-state index is 13.2. The van der Waals surface area contributed by atoms with Crippen LogP contribution >= 0.6 is 0 Å². The lowest BCUT2D eigenvalue weighted by atomic mass is 9.97. The van der Waals surface area contributed by atoms with Gasteiger partial charge < -0.3 is 65.1 Å². The number of hydrogen-bond donors (Lipinski definition) is 9. The molecule has 444 valence electrons. The zero-order valence-electron chi connectivity index (χ0n) is 47.7. The second-order valence-electron chi connectivity index (χ2n) is 21.1. The molecule has 2 rings (SSSR count). The van der Waals surface area contributed by atoms with E-state index in [1.165, 1.54) is 141 Å². The smallest absolute Gasteiger partial charge is 0.224 e. The molecule has 9 N–H and O–H groups in total. The second kappa shape index (κ2) is 47.9. The molecule has 0 spiro atoms. The number of aliphatic hydroxyl groups is 8. The lowest BCUT2D eigenvalue weighted by Crippen LogP contribution is -2.65. The van der Waals surface area contributed by atoms with Crippen molar-refractivity contribution >= 4 is 5.91 Å². The first-order chi connectivity index (χ1) is 37.6. The van der Waals surface area contributed by atoms with Gasteiger partial charge >= 0.3 is 0 Å². The summed E-state index contributed by atoms with van der Waals surface area (Å²) in [6.45, 7) is 2.60. The predicted molar refractivity (Wildman–Crippen MR) is 309 cm³/mol. The molecule has 0 saturated carbocycles. The fourth-order valence-corrected chi connectivity index (χ4v) is 9.49. The van der Waals surface area contributed by atoms with Crippen LogP contribution in [0.5, 0.6) is 0 Å². The molecule has 0 aliphatic carbocycles. The summed E-state index contributed by atoms with van der Waals surface area (Å²) < 4.78 is 22.7. The van der Waals surface area contributed by atoms with E-state index < -0.39 is 86.8 Å². The molecule has 0 aromatic rings. The Kier molecular flexibility index (Phi) is 43.7. The van der Waals surface area contributed by atoms with Gasteiger partial charge in [-0.3, -0.25) is 4.79 Å². The maximum absolute atomic E-state index is 13.2. The van der Waals surface area contributed by atoms with E-state index in [0.717, 1.165) is 38.5 Å². The van der Waals surface area contributed by atoms with Gasteiger partial charge in [0, 0.05) is 6.42 Å². The number of carbonyl (C=O) groups excluding carboxylic acids is 1. The van der Waals surface area contributed by atoms with Crippen molar-refractivity contribution in [1.82, 2.24) is 5.32 Å². The van der Waals surface area contributed by atoms with Gasteiger partial charge in [-0.1, -0.05) is 234 Å². The number of ether oxygens (including phenoxy) is 4. The molecule has 0 bridgehead atoms. The molecule has 2 saturated heterocycles. The molecule has 2 fully saturated rings. The van der Waals surface area contributed by atoms with E-state index in [-0.39, 0.29) is 18.9 Å². The Morgan fingerprint density at radius 2 is 0.909 bits per heavy atom. The summed E-state index contributed by atoms with van der Waals surface area (Å²) in [6.07, 6.45) is 48.2. The Hall–Kier alpha value is -2.83. The highest BCUT2D eigenvalue weighted by atomic mass is 16.7. The van der Waals surface area contributed by atoms with Crippen molar-refractivity contribution in [1.29, 1.82) is 0 Å². The van der Waals surface area contributed by atoms with E-state index in [9.17, 15) is 45.6 Å². The van der Waals surface area contributed by atoms with Gasteiger partial charge in [0.05, 0.1) is 32.0 Å². The summed E-state index contributed by atoms with van der Waals surface area (Å²) in [5.74, 6) is -0.378. The van der Waals surface area contributed by atoms with Crippen LogP contribution in [0.15, 0.2) is 85.1 Å². The average Bonchev–Trinajstić information content (AvgIpc) is 3.44. The predicted octanol–water partition coefficient (Wildman–Crippen LogP) is 10.5. The minimum absolute atomic E-state index is 0.0374. The average molecular weight is 1090 g/mol. The van der Waals surface area contributed by atoms with Crippen LogP contribution in [0, 0.1) is 0 Å².